The molecule has 0 fully saturated rings. The standard InChI is InChI=1S/C20H20F3N3O4S/c1-14-6-9-17(10-7-14)31(29,30)26(2)13-19(28)25-24-18(27)11-8-15-4-3-5-16(12-15)20(21,22)23/h3-12H,13H2,1-2H3,(H,24,27)(H,25,28)/b11-8+. The molecular weight excluding hydrogens is 435 g/mol. The van der Waals surface area contributed by atoms with E-state index in [0.29, 0.717) is 0 Å². The van der Waals surface area contributed by atoms with Crippen molar-refractivity contribution in [2.75, 3.05) is 13.6 Å². The first-order valence-corrected chi connectivity index (χ1v) is 10.3. The molecule has 0 atom stereocenters. The largest absolute Gasteiger partial charge is 0.416 e. The molecule has 2 aromatic carbocycles. The fraction of sp³-hybridized carbons (Fsp3) is 0.200. The van der Waals surface area contributed by atoms with Crippen LogP contribution in [0.4, 0.5) is 13.2 Å². The summed E-state index contributed by atoms with van der Waals surface area (Å²) in [6, 6.07) is 10.4. The van der Waals surface area contributed by atoms with Crippen LogP contribution in [0.1, 0.15) is 16.7 Å². The lowest BCUT2D eigenvalue weighted by atomic mass is 10.1. The third-order valence-electron chi connectivity index (χ3n) is 4.06. The summed E-state index contributed by atoms with van der Waals surface area (Å²) in [6.45, 7) is 1.24. The van der Waals surface area contributed by atoms with E-state index in [1.165, 1.54) is 31.3 Å². The fourth-order valence-electron chi connectivity index (χ4n) is 2.38. The first-order valence-electron chi connectivity index (χ1n) is 8.87. The predicted octanol–water partition coefficient (Wildman–Crippen LogP) is 2.50. The van der Waals surface area contributed by atoms with E-state index in [1.54, 1.807) is 19.1 Å². The molecule has 0 spiro atoms. The van der Waals surface area contributed by atoms with Gasteiger partial charge in [-0.15, -0.1) is 0 Å². The molecule has 11 heteroatoms. The lowest BCUT2D eigenvalue weighted by Crippen LogP contribution is -2.46. The van der Waals surface area contributed by atoms with E-state index in [4.69, 9.17) is 0 Å². The SMILES string of the molecule is Cc1ccc(S(=O)(=O)N(C)CC(=O)NNC(=O)/C=C/c2cccc(C(F)(F)F)c2)cc1. The van der Waals surface area contributed by atoms with E-state index in [1.807, 2.05) is 10.9 Å². The normalized spacial score (nSPS) is 12.2. The Balaban J connectivity index is 1.90. The zero-order chi connectivity index (χ0) is 23.2. The summed E-state index contributed by atoms with van der Waals surface area (Å²) in [6.07, 6.45) is -2.43. The van der Waals surface area contributed by atoms with Gasteiger partial charge in [0.1, 0.15) is 0 Å². The summed E-state index contributed by atoms with van der Waals surface area (Å²) in [5.41, 5.74) is 4.23. The van der Waals surface area contributed by atoms with Gasteiger partial charge in [-0.1, -0.05) is 29.8 Å². The zero-order valence-corrected chi connectivity index (χ0v) is 17.4. The molecule has 166 valence electrons. The van der Waals surface area contributed by atoms with Crippen LogP contribution in [0.3, 0.4) is 0 Å². The molecule has 0 saturated carbocycles. The molecule has 0 bridgehead atoms. The van der Waals surface area contributed by atoms with Gasteiger partial charge in [0, 0.05) is 13.1 Å². The molecule has 0 heterocycles. The summed E-state index contributed by atoms with van der Waals surface area (Å²) in [4.78, 5) is 23.7. The molecule has 0 aliphatic heterocycles. The van der Waals surface area contributed by atoms with Crippen LogP contribution in [0.25, 0.3) is 6.08 Å². The Morgan fingerprint density at radius 3 is 2.32 bits per heavy atom. The van der Waals surface area contributed by atoms with Gasteiger partial charge in [-0.2, -0.15) is 17.5 Å². The molecule has 2 rings (SSSR count). The highest BCUT2D eigenvalue weighted by Crippen LogP contribution is 2.29. The minimum atomic E-state index is -4.51. The van der Waals surface area contributed by atoms with Crippen LogP contribution in [-0.4, -0.2) is 38.1 Å². The first kappa shape index (κ1) is 24.1. The Kier molecular flexibility index (Phi) is 7.58. The molecule has 2 amide bonds. The van der Waals surface area contributed by atoms with Gasteiger partial charge in [0.05, 0.1) is 17.0 Å². The van der Waals surface area contributed by atoms with Crippen LogP contribution in [-0.2, 0) is 25.8 Å². The Labute approximate surface area is 177 Å². The van der Waals surface area contributed by atoms with Crippen LogP contribution in [0, 0.1) is 6.92 Å². The Hall–Kier alpha value is -3.18. The fourth-order valence-corrected chi connectivity index (χ4v) is 3.51. The van der Waals surface area contributed by atoms with E-state index in [2.05, 4.69) is 0 Å². The third kappa shape index (κ3) is 6.93. The van der Waals surface area contributed by atoms with E-state index in [-0.39, 0.29) is 10.5 Å². The number of benzene rings is 2. The second kappa shape index (κ2) is 9.75. The van der Waals surface area contributed by atoms with Crippen molar-refractivity contribution >= 4 is 27.9 Å². The Morgan fingerprint density at radius 1 is 1.06 bits per heavy atom. The molecule has 0 unspecified atom stereocenters. The summed E-state index contributed by atoms with van der Waals surface area (Å²) in [7, 11) is -2.69. The summed E-state index contributed by atoms with van der Waals surface area (Å²) in [5.74, 6) is -1.62. The maximum Gasteiger partial charge on any atom is 0.416 e. The van der Waals surface area contributed by atoms with Crippen molar-refractivity contribution in [3.63, 3.8) is 0 Å². The lowest BCUT2D eigenvalue weighted by Gasteiger charge is -2.17. The monoisotopic (exact) mass is 455 g/mol. The average Bonchev–Trinajstić information content (AvgIpc) is 2.70. The quantitative estimate of drug-likeness (QED) is 0.517. The molecular formula is C20H20F3N3O4S. The van der Waals surface area contributed by atoms with Gasteiger partial charge >= 0.3 is 6.18 Å². The molecule has 2 aromatic rings. The lowest BCUT2D eigenvalue weighted by molar-refractivity contribution is -0.137. The van der Waals surface area contributed by atoms with Crippen molar-refractivity contribution < 1.29 is 31.2 Å². The number of hydrogen-bond donors (Lipinski definition) is 2. The predicted molar refractivity (Wildman–Crippen MR) is 108 cm³/mol. The number of aryl methyl sites for hydroxylation is 1. The summed E-state index contributed by atoms with van der Waals surface area (Å²) in [5, 5.41) is 0. The molecule has 0 aliphatic carbocycles. The maximum absolute atomic E-state index is 12.7. The number of carbonyl (C=O) groups excluding carboxylic acids is 2. The number of likely N-dealkylation sites (N-methyl/N-ethyl adjacent to an activating group) is 1. The van der Waals surface area contributed by atoms with Gasteiger partial charge in [0.2, 0.25) is 10.0 Å². The van der Waals surface area contributed by atoms with Crippen molar-refractivity contribution in [3.8, 4) is 0 Å². The minimum Gasteiger partial charge on any atom is -0.272 e. The van der Waals surface area contributed by atoms with E-state index < -0.39 is 40.1 Å². The van der Waals surface area contributed by atoms with Crippen LogP contribution in [0.5, 0.6) is 0 Å². The van der Waals surface area contributed by atoms with Crippen LogP contribution in [0.2, 0.25) is 0 Å². The van der Waals surface area contributed by atoms with E-state index >= 15 is 0 Å². The van der Waals surface area contributed by atoms with Crippen molar-refractivity contribution in [1.29, 1.82) is 0 Å². The molecule has 2 N–H and O–H groups in total. The van der Waals surface area contributed by atoms with E-state index in [9.17, 15) is 31.2 Å². The number of nitrogens with zero attached hydrogens (tertiary/aromatic N) is 1. The molecule has 0 aromatic heterocycles. The van der Waals surface area contributed by atoms with Gasteiger partial charge < -0.3 is 0 Å². The summed E-state index contributed by atoms with van der Waals surface area (Å²) < 4.78 is 63.8. The van der Waals surface area contributed by atoms with E-state index in [0.717, 1.165) is 34.2 Å². The number of hydrogen-bond acceptors (Lipinski definition) is 4. The second-order valence-corrected chi connectivity index (χ2v) is 8.61. The molecule has 31 heavy (non-hydrogen) atoms. The third-order valence-corrected chi connectivity index (χ3v) is 5.88. The van der Waals surface area contributed by atoms with Crippen molar-refractivity contribution in [2.24, 2.45) is 0 Å². The number of hydrazine groups is 1. The van der Waals surface area contributed by atoms with Crippen molar-refractivity contribution in [2.45, 2.75) is 18.0 Å². The van der Waals surface area contributed by atoms with Crippen LogP contribution in [0.15, 0.2) is 59.5 Å². The van der Waals surface area contributed by atoms with Gasteiger partial charge in [0.25, 0.3) is 11.8 Å². The zero-order valence-electron chi connectivity index (χ0n) is 16.6. The second-order valence-electron chi connectivity index (χ2n) is 6.57. The Morgan fingerprint density at radius 2 is 1.71 bits per heavy atom. The molecule has 0 aliphatic rings. The average molecular weight is 455 g/mol. The van der Waals surface area contributed by atoms with Crippen molar-refractivity contribution in [1.82, 2.24) is 15.2 Å². The van der Waals surface area contributed by atoms with Crippen molar-refractivity contribution in [3.05, 3.63) is 71.3 Å². The van der Waals surface area contributed by atoms with Crippen LogP contribution < -0.4 is 10.9 Å². The number of sulfonamides is 1. The minimum absolute atomic E-state index is 0.0152. The molecule has 0 saturated heterocycles. The molecule has 7 nitrogen and oxygen atoms in total. The highest BCUT2D eigenvalue weighted by Gasteiger charge is 2.30. The Bertz CT molecular complexity index is 1080. The van der Waals surface area contributed by atoms with Gasteiger partial charge in [-0.3, -0.25) is 20.4 Å². The number of amides is 2. The summed E-state index contributed by atoms with van der Waals surface area (Å²) >= 11 is 0. The number of rotatable bonds is 6. The smallest absolute Gasteiger partial charge is 0.272 e. The number of nitrogens with one attached hydrogen (secondary N) is 2. The highest BCUT2D eigenvalue weighted by atomic mass is 32.2. The first-order chi connectivity index (χ1) is 14.4. The van der Waals surface area contributed by atoms with Gasteiger partial charge in [0.15, 0.2) is 0 Å². The number of carbonyl (C=O) groups is 2. The number of halogens is 3. The van der Waals surface area contributed by atoms with Gasteiger partial charge in [-0.25, -0.2) is 8.42 Å². The highest BCUT2D eigenvalue weighted by molar-refractivity contribution is 7.89. The topological polar surface area (TPSA) is 95.6 Å². The number of alkyl halides is 3. The van der Waals surface area contributed by atoms with Gasteiger partial charge in [-0.05, 0) is 42.8 Å². The maximum atomic E-state index is 12.7. The van der Waals surface area contributed by atoms with Crippen LogP contribution >= 0.6 is 0 Å². The molecule has 0 radical (unpaired) electrons.